The van der Waals surface area contributed by atoms with E-state index in [0.717, 1.165) is 11.3 Å². The van der Waals surface area contributed by atoms with Crippen molar-refractivity contribution in [3.05, 3.63) is 44.9 Å². The molecule has 0 unspecified atom stereocenters. The number of halogens is 1. The molecule has 1 heterocycles. The minimum absolute atomic E-state index is 0.128. The van der Waals surface area contributed by atoms with E-state index < -0.39 is 5.91 Å². The minimum atomic E-state index is -0.457. The van der Waals surface area contributed by atoms with E-state index >= 15 is 0 Å². The van der Waals surface area contributed by atoms with Crippen molar-refractivity contribution >= 4 is 28.8 Å². The predicted molar refractivity (Wildman–Crippen MR) is 74.3 cm³/mol. The number of aromatic nitrogens is 1. The molecule has 1 amide bonds. The first-order chi connectivity index (χ1) is 9.63. The van der Waals surface area contributed by atoms with Crippen molar-refractivity contribution in [2.24, 2.45) is 5.84 Å². The van der Waals surface area contributed by atoms with E-state index in [2.05, 4.69) is 4.98 Å². The van der Waals surface area contributed by atoms with Crippen LogP contribution < -0.4 is 16.0 Å². The topological polar surface area (TPSA) is 101 Å². The van der Waals surface area contributed by atoms with Crippen molar-refractivity contribution in [2.45, 2.75) is 6.61 Å². The van der Waals surface area contributed by atoms with E-state index in [1.54, 1.807) is 23.6 Å². The number of hydrogen-bond acceptors (Lipinski definition) is 6. The summed E-state index contributed by atoms with van der Waals surface area (Å²) >= 11 is 7.01. The summed E-state index contributed by atoms with van der Waals surface area (Å²) in [5.41, 5.74) is 2.95. The average Bonchev–Trinajstić information content (AvgIpc) is 2.93. The second-order valence-electron chi connectivity index (χ2n) is 3.66. The summed E-state index contributed by atoms with van der Waals surface area (Å²) in [7, 11) is 0. The van der Waals surface area contributed by atoms with Crippen molar-refractivity contribution in [1.29, 1.82) is 5.26 Å². The molecule has 0 bridgehead atoms. The lowest BCUT2D eigenvalue weighted by atomic mass is 10.2. The average molecular weight is 309 g/mol. The number of benzene rings is 1. The van der Waals surface area contributed by atoms with Crippen LogP contribution in [0.15, 0.2) is 23.6 Å². The highest BCUT2D eigenvalue weighted by Crippen LogP contribution is 2.23. The number of hydrazine groups is 1. The molecule has 1 aromatic carbocycles. The van der Waals surface area contributed by atoms with Gasteiger partial charge in [0.15, 0.2) is 5.01 Å². The quantitative estimate of drug-likeness (QED) is 0.510. The lowest BCUT2D eigenvalue weighted by Crippen LogP contribution is -2.29. The van der Waals surface area contributed by atoms with Gasteiger partial charge >= 0.3 is 0 Å². The zero-order chi connectivity index (χ0) is 14.5. The lowest BCUT2D eigenvalue weighted by molar-refractivity contribution is 0.0953. The minimum Gasteiger partial charge on any atom is -0.486 e. The molecule has 0 saturated heterocycles. The van der Waals surface area contributed by atoms with Gasteiger partial charge in [-0.3, -0.25) is 10.2 Å². The van der Waals surface area contributed by atoms with Gasteiger partial charge in [0.25, 0.3) is 5.91 Å². The van der Waals surface area contributed by atoms with Gasteiger partial charge in [0, 0.05) is 16.5 Å². The molecule has 0 radical (unpaired) electrons. The molecule has 3 N–H and O–H groups in total. The van der Waals surface area contributed by atoms with Gasteiger partial charge in [-0.25, -0.2) is 10.8 Å². The van der Waals surface area contributed by atoms with Gasteiger partial charge in [-0.15, -0.1) is 11.3 Å². The number of amides is 1. The summed E-state index contributed by atoms with van der Waals surface area (Å²) in [5.74, 6) is 4.93. The first kappa shape index (κ1) is 14.3. The normalized spacial score (nSPS) is 9.85. The van der Waals surface area contributed by atoms with Crippen molar-refractivity contribution in [3.8, 4) is 11.8 Å². The molecular formula is C12H9ClN4O2S. The fourth-order valence-electron chi connectivity index (χ4n) is 1.40. The third-order valence-electron chi connectivity index (χ3n) is 2.32. The van der Waals surface area contributed by atoms with Crippen LogP contribution >= 0.6 is 22.9 Å². The third-order valence-corrected chi connectivity index (χ3v) is 3.44. The smallest absolute Gasteiger partial charge is 0.294 e. The van der Waals surface area contributed by atoms with Crippen LogP contribution in [0.4, 0.5) is 0 Å². The van der Waals surface area contributed by atoms with Crippen LogP contribution in [0.1, 0.15) is 21.1 Å². The number of ether oxygens (including phenoxy) is 1. The maximum Gasteiger partial charge on any atom is 0.294 e. The first-order valence-corrected chi connectivity index (χ1v) is 6.67. The van der Waals surface area contributed by atoms with Crippen molar-refractivity contribution in [1.82, 2.24) is 10.4 Å². The van der Waals surface area contributed by atoms with Crippen LogP contribution in [0, 0.1) is 11.3 Å². The summed E-state index contributed by atoms with van der Waals surface area (Å²) in [5, 5.41) is 11.4. The van der Waals surface area contributed by atoms with Gasteiger partial charge in [-0.2, -0.15) is 5.26 Å². The zero-order valence-corrected chi connectivity index (χ0v) is 11.7. The van der Waals surface area contributed by atoms with E-state index in [-0.39, 0.29) is 11.6 Å². The maximum absolute atomic E-state index is 11.3. The number of carbonyl (C=O) groups is 1. The summed E-state index contributed by atoms with van der Waals surface area (Å²) in [4.78, 5) is 15.3. The Morgan fingerprint density at radius 1 is 1.60 bits per heavy atom. The van der Waals surface area contributed by atoms with Crippen molar-refractivity contribution in [3.63, 3.8) is 0 Å². The largest absolute Gasteiger partial charge is 0.486 e. The van der Waals surface area contributed by atoms with Gasteiger partial charge < -0.3 is 4.74 Å². The number of rotatable bonds is 4. The van der Waals surface area contributed by atoms with Crippen LogP contribution in [0.2, 0.25) is 5.02 Å². The molecule has 0 aliphatic heterocycles. The molecule has 0 fully saturated rings. The maximum atomic E-state index is 11.3. The number of nitrogens with one attached hydrogen (secondary N) is 1. The number of nitrogen functional groups attached to an aromatic ring is 1. The van der Waals surface area contributed by atoms with E-state index in [4.69, 9.17) is 27.4 Å². The summed E-state index contributed by atoms with van der Waals surface area (Å²) in [6, 6.07) is 6.75. The SMILES string of the molecule is N#Cc1ccc(Cl)cc1OCc1csc(C(=O)NN)n1. The molecular weight excluding hydrogens is 300 g/mol. The second-order valence-corrected chi connectivity index (χ2v) is 4.95. The molecule has 0 spiro atoms. The number of hydrogen-bond donors (Lipinski definition) is 2. The van der Waals surface area contributed by atoms with Gasteiger partial charge in [0.05, 0.1) is 11.3 Å². The van der Waals surface area contributed by atoms with Crippen molar-refractivity contribution in [2.75, 3.05) is 0 Å². The van der Waals surface area contributed by atoms with Gasteiger partial charge in [-0.05, 0) is 12.1 Å². The van der Waals surface area contributed by atoms with Crippen LogP contribution in [0.25, 0.3) is 0 Å². The predicted octanol–water partition coefficient (Wildman–Crippen LogP) is 1.85. The Bertz CT molecular complexity index is 680. The van der Waals surface area contributed by atoms with Crippen LogP contribution in [0.3, 0.4) is 0 Å². The summed E-state index contributed by atoms with van der Waals surface area (Å²) < 4.78 is 5.50. The fraction of sp³-hybridized carbons (Fsp3) is 0.0833. The molecule has 2 rings (SSSR count). The highest BCUT2D eigenvalue weighted by molar-refractivity contribution is 7.11. The van der Waals surface area contributed by atoms with Crippen LogP contribution in [-0.4, -0.2) is 10.9 Å². The lowest BCUT2D eigenvalue weighted by Gasteiger charge is -2.06. The molecule has 2 aromatic rings. The third kappa shape index (κ3) is 3.24. The van der Waals surface area contributed by atoms with E-state index in [0.29, 0.717) is 22.0 Å². The van der Waals surface area contributed by atoms with Crippen LogP contribution in [-0.2, 0) is 6.61 Å². The Kier molecular flexibility index (Phi) is 4.53. The Morgan fingerprint density at radius 2 is 2.40 bits per heavy atom. The number of carbonyl (C=O) groups excluding carboxylic acids is 1. The molecule has 20 heavy (non-hydrogen) atoms. The number of nitriles is 1. The molecule has 6 nitrogen and oxygen atoms in total. The number of nitrogens with zero attached hydrogens (tertiary/aromatic N) is 2. The van der Waals surface area contributed by atoms with E-state index in [1.807, 2.05) is 11.5 Å². The van der Waals surface area contributed by atoms with Gasteiger partial charge in [0.1, 0.15) is 18.4 Å². The van der Waals surface area contributed by atoms with Gasteiger partial charge in [-0.1, -0.05) is 11.6 Å². The molecule has 1 aromatic heterocycles. The first-order valence-electron chi connectivity index (χ1n) is 5.42. The molecule has 8 heteroatoms. The van der Waals surface area contributed by atoms with Crippen LogP contribution in [0.5, 0.6) is 5.75 Å². The Morgan fingerprint density at radius 3 is 3.10 bits per heavy atom. The van der Waals surface area contributed by atoms with Crippen molar-refractivity contribution < 1.29 is 9.53 Å². The number of nitrogens with two attached hydrogens (primary N) is 1. The monoisotopic (exact) mass is 308 g/mol. The number of thiazole rings is 1. The molecule has 0 atom stereocenters. The highest BCUT2D eigenvalue weighted by Gasteiger charge is 2.11. The van der Waals surface area contributed by atoms with E-state index in [1.165, 1.54) is 0 Å². The van der Waals surface area contributed by atoms with E-state index in [9.17, 15) is 4.79 Å². The Hall–Kier alpha value is -2.14. The molecule has 0 aliphatic carbocycles. The standard InChI is InChI=1S/C12H9ClN4O2S/c13-8-2-1-7(4-14)10(3-8)19-5-9-6-20-12(16-9)11(18)17-15/h1-3,6H,5,15H2,(H,17,18). The fourth-order valence-corrected chi connectivity index (χ4v) is 2.27. The summed E-state index contributed by atoms with van der Waals surface area (Å²) in [6.07, 6.45) is 0. The summed E-state index contributed by atoms with van der Waals surface area (Å²) in [6.45, 7) is 0.128. The zero-order valence-electron chi connectivity index (χ0n) is 10.1. The second kappa shape index (κ2) is 6.34. The Labute approximate surface area is 123 Å². The Balaban J connectivity index is 2.09. The molecule has 0 saturated carbocycles. The van der Waals surface area contributed by atoms with Gasteiger partial charge in [0.2, 0.25) is 0 Å². The molecule has 0 aliphatic rings. The molecule has 102 valence electrons. The highest BCUT2D eigenvalue weighted by atomic mass is 35.5.